The zero-order valence-electron chi connectivity index (χ0n) is 7.98. The van der Waals surface area contributed by atoms with Crippen LogP contribution < -0.4 is 0 Å². The molecule has 0 bridgehead atoms. The first-order valence-corrected chi connectivity index (χ1v) is 4.36. The molecule has 0 aliphatic rings. The molecule has 0 amide bonds. The first-order chi connectivity index (χ1) is 7.24. The maximum absolute atomic E-state index is 7.13. The fourth-order valence-electron chi connectivity index (χ4n) is 0.313. The molecule has 1 heterocycles. The van der Waals surface area contributed by atoms with E-state index < -0.39 is 0 Å². The molecule has 1 aromatic rings. The van der Waals surface area contributed by atoms with Crippen LogP contribution in [0.2, 0.25) is 0 Å². The van der Waals surface area contributed by atoms with E-state index in [9.17, 15) is 0 Å². The Morgan fingerprint density at radius 3 is 1.06 bits per heavy atom. The van der Waals surface area contributed by atoms with Crippen LogP contribution in [0.5, 0.6) is 0 Å². The molecule has 0 fully saturated rings. The van der Waals surface area contributed by atoms with Crippen LogP contribution in [-0.4, -0.2) is 4.98 Å². The van der Waals surface area contributed by atoms with Gasteiger partial charge in [0.25, 0.3) is 0 Å². The summed E-state index contributed by atoms with van der Waals surface area (Å²) >= 11 is 11.1. The van der Waals surface area contributed by atoms with Crippen LogP contribution in [0.1, 0.15) is 0 Å². The summed E-state index contributed by atoms with van der Waals surface area (Å²) in [4.78, 5) is 3.78. The van der Waals surface area contributed by atoms with Crippen LogP contribution in [0.25, 0.3) is 0 Å². The second kappa shape index (κ2) is 36.8. The number of aromatic nitrogens is 1. The van der Waals surface area contributed by atoms with Gasteiger partial charge < -0.3 is 37.9 Å². The summed E-state index contributed by atoms with van der Waals surface area (Å²) in [6, 6.07) is 5.72. The largest absolute Gasteiger partial charge is 3.00 e. The zero-order valence-corrected chi connectivity index (χ0v) is 12.2. The number of rotatable bonds is 0. The number of thiocyanates is 3. The van der Waals surface area contributed by atoms with Crippen LogP contribution >= 0.6 is 0 Å². The Labute approximate surface area is 130 Å². The monoisotopic (exact) mass is 298 g/mol. The Hall–Kier alpha value is -0.850. The van der Waals surface area contributed by atoms with Gasteiger partial charge in [-0.2, -0.15) is 0 Å². The van der Waals surface area contributed by atoms with Crippen molar-refractivity contribution in [2.24, 2.45) is 0 Å². The van der Waals surface area contributed by atoms with Crippen molar-refractivity contribution in [3.63, 3.8) is 0 Å². The van der Waals surface area contributed by atoms with Crippen molar-refractivity contribution in [3.05, 3.63) is 30.6 Å². The number of nitriles is 3. The number of hydrogen-bond acceptors (Lipinski definition) is 7. The summed E-state index contributed by atoms with van der Waals surface area (Å²) in [5.74, 6) is 0. The molecule has 8 heteroatoms. The van der Waals surface area contributed by atoms with E-state index in [-0.39, 0.29) is 25.8 Å². The van der Waals surface area contributed by atoms with Gasteiger partial charge in [-0.15, -0.1) is 0 Å². The fraction of sp³-hybridized carbons (Fsp3) is 0. The first kappa shape index (κ1) is 24.4. The topological polar surface area (TPSA) is 84.3 Å². The normalized spacial score (nSPS) is 4.31. The average Bonchev–Trinajstić information content (AvgIpc) is 2.24. The Morgan fingerprint density at radius 2 is 1.00 bits per heavy atom. The van der Waals surface area contributed by atoms with E-state index in [0.29, 0.717) is 0 Å². The van der Waals surface area contributed by atoms with Crippen molar-refractivity contribution in [1.29, 1.82) is 15.8 Å². The molecule has 4 nitrogen and oxygen atoms in total. The summed E-state index contributed by atoms with van der Waals surface area (Å²) in [5.41, 5.74) is 0. The minimum Gasteiger partial charge on any atom is -0.696 e. The van der Waals surface area contributed by atoms with Gasteiger partial charge in [-0.3, -0.25) is 4.98 Å². The second-order valence-corrected chi connectivity index (χ2v) is 1.85. The summed E-state index contributed by atoms with van der Waals surface area (Å²) in [6.07, 6.45) is 3.50. The molecule has 78 valence electrons. The van der Waals surface area contributed by atoms with Gasteiger partial charge >= 0.3 is 25.8 Å². The molecule has 0 spiro atoms. The summed E-state index contributed by atoms with van der Waals surface area (Å²) in [6.45, 7) is 0. The molecule has 0 saturated carbocycles. The smallest absolute Gasteiger partial charge is 0.696 e. The number of pyridine rings is 1. The zero-order chi connectivity index (χ0) is 12.4. The molecule has 0 atom stereocenters. The maximum Gasteiger partial charge on any atom is 3.00 e. The van der Waals surface area contributed by atoms with Gasteiger partial charge in [0.15, 0.2) is 0 Å². The first-order valence-electron chi connectivity index (χ1n) is 3.13. The number of nitrogens with zero attached hydrogens (tertiary/aromatic N) is 4. The molecule has 1 aromatic heterocycles. The van der Waals surface area contributed by atoms with Gasteiger partial charge in [0.2, 0.25) is 0 Å². The van der Waals surface area contributed by atoms with E-state index in [4.69, 9.17) is 15.8 Å². The third kappa shape index (κ3) is 73.2. The predicted molar refractivity (Wildman–Crippen MR) is 63.2 cm³/mol. The van der Waals surface area contributed by atoms with Crippen molar-refractivity contribution in [1.82, 2.24) is 4.98 Å². The standard InChI is InChI=1S/C5H5N.3CHNS.Sc/c1-2-4-6-5-3-1;3*2-1-3;/h1-5H;3*3H;/q;;;;+3/p-3. The molecular formula is C8H5N4S3Sc. The van der Waals surface area contributed by atoms with Crippen LogP contribution in [-0.2, 0) is 63.7 Å². The van der Waals surface area contributed by atoms with E-state index >= 15 is 0 Å². The molecule has 16 heavy (non-hydrogen) atoms. The van der Waals surface area contributed by atoms with E-state index in [1.54, 1.807) is 12.4 Å². The van der Waals surface area contributed by atoms with Gasteiger partial charge in [-0.05, 0) is 12.1 Å². The molecule has 0 aliphatic carbocycles. The van der Waals surface area contributed by atoms with Gasteiger partial charge in [-0.1, -0.05) is 22.3 Å². The molecule has 0 saturated heterocycles. The van der Waals surface area contributed by atoms with E-state index in [0.717, 1.165) is 0 Å². The van der Waals surface area contributed by atoms with Crippen molar-refractivity contribution in [3.8, 4) is 16.2 Å². The predicted octanol–water partition coefficient (Wildman–Crippen LogP) is 1.12. The maximum atomic E-state index is 7.13. The Morgan fingerprint density at radius 1 is 0.750 bits per heavy atom. The van der Waals surface area contributed by atoms with Gasteiger partial charge in [0.1, 0.15) is 0 Å². The second-order valence-electron chi connectivity index (χ2n) is 1.30. The minimum absolute atomic E-state index is 0. The SMILES string of the molecule is N#C[S-].N#C[S-].N#C[S-].[Sc+3].c1ccncc1. The summed E-state index contributed by atoms with van der Waals surface area (Å²) in [5, 5.41) is 25.4. The molecular weight excluding hydrogens is 293 g/mol. The van der Waals surface area contributed by atoms with Crippen LogP contribution in [0, 0.1) is 32.0 Å². The molecule has 1 rings (SSSR count). The van der Waals surface area contributed by atoms with Crippen LogP contribution in [0.15, 0.2) is 30.6 Å². The third-order valence-corrected chi connectivity index (χ3v) is 0.566. The molecule has 0 N–H and O–H groups in total. The fourth-order valence-corrected chi connectivity index (χ4v) is 0.313. The summed E-state index contributed by atoms with van der Waals surface area (Å²) in [7, 11) is 0. The van der Waals surface area contributed by atoms with E-state index in [2.05, 4.69) is 42.9 Å². The van der Waals surface area contributed by atoms with E-state index in [1.807, 2.05) is 18.2 Å². The van der Waals surface area contributed by atoms with Gasteiger partial charge in [0, 0.05) is 12.4 Å². The van der Waals surface area contributed by atoms with Crippen LogP contribution in [0.4, 0.5) is 0 Å². The van der Waals surface area contributed by atoms with Crippen molar-refractivity contribution in [2.45, 2.75) is 0 Å². The molecule has 0 aromatic carbocycles. The third-order valence-electron chi connectivity index (χ3n) is 0.566. The Bertz CT molecular complexity index is 260. The molecule has 0 unspecified atom stereocenters. The molecule has 0 radical (unpaired) electrons. The van der Waals surface area contributed by atoms with E-state index in [1.165, 1.54) is 16.2 Å². The average molecular weight is 298 g/mol. The Balaban J connectivity index is -0.0000000637. The van der Waals surface area contributed by atoms with Crippen molar-refractivity contribution >= 4 is 37.9 Å². The quantitative estimate of drug-likeness (QED) is 0.524. The number of hydrogen-bond donors (Lipinski definition) is 0. The molecule has 0 aliphatic heterocycles. The van der Waals surface area contributed by atoms with Crippen molar-refractivity contribution in [2.75, 3.05) is 0 Å². The Kier molecular flexibility index (Phi) is 56.2. The van der Waals surface area contributed by atoms with Gasteiger partial charge in [0.05, 0.1) is 0 Å². The van der Waals surface area contributed by atoms with Crippen molar-refractivity contribution < 1.29 is 25.8 Å². The minimum atomic E-state index is 0. The van der Waals surface area contributed by atoms with Crippen LogP contribution in [0.3, 0.4) is 0 Å². The van der Waals surface area contributed by atoms with Gasteiger partial charge in [-0.25, -0.2) is 15.8 Å². The summed E-state index contributed by atoms with van der Waals surface area (Å²) < 4.78 is 0.